The molecule has 7 heteroatoms. The van der Waals surface area contributed by atoms with E-state index in [0.29, 0.717) is 18.7 Å². The molecule has 0 aromatic heterocycles. The van der Waals surface area contributed by atoms with Crippen LogP contribution in [0.15, 0.2) is 23.1 Å². The number of aliphatic hydroxyl groups excluding tert-OH is 1. The molecule has 1 fully saturated rings. The second-order valence-corrected chi connectivity index (χ2v) is 7.37. The van der Waals surface area contributed by atoms with Gasteiger partial charge in [0.05, 0.1) is 11.6 Å². The lowest BCUT2D eigenvalue weighted by molar-refractivity contribution is 0.233. The van der Waals surface area contributed by atoms with E-state index < -0.39 is 10.0 Å². The van der Waals surface area contributed by atoms with E-state index in [0.717, 1.165) is 13.1 Å². The lowest BCUT2D eigenvalue weighted by atomic mass is 10.1. The molecule has 5 nitrogen and oxygen atoms in total. The highest BCUT2D eigenvalue weighted by atomic mass is 35.5. The molecule has 1 saturated heterocycles. The van der Waals surface area contributed by atoms with Crippen molar-refractivity contribution >= 4 is 21.6 Å². The van der Waals surface area contributed by atoms with Gasteiger partial charge in [-0.25, -0.2) is 13.1 Å². The fourth-order valence-electron chi connectivity index (χ4n) is 2.45. The van der Waals surface area contributed by atoms with Gasteiger partial charge in [-0.15, -0.1) is 0 Å². The molecular weight excluding hydrogens is 312 g/mol. The maximum atomic E-state index is 12.3. The van der Waals surface area contributed by atoms with Gasteiger partial charge in [-0.1, -0.05) is 24.1 Å². The van der Waals surface area contributed by atoms with Gasteiger partial charge in [-0.3, -0.25) is 0 Å². The number of halogens is 1. The summed E-state index contributed by atoms with van der Waals surface area (Å²) in [5.74, 6) is 0. The normalized spacial score (nSPS) is 17.0. The van der Waals surface area contributed by atoms with Gasteiger partial charge in [-0.05, 0) is 43.6 Å². The molecule has 21 heavy (non-hydrogen) atoms. The fourth-order valence-corrected chi connectivity index (χ4v) is 4.02. The second kappa shape index (κ2) is 7.56. The average Bonchev–Trinajstić information content (AvgIpc) is 2.48. The molecule has 118 valence electrons. The van der Waals surface area contributed by atoms with Gasteiger partial charge in [0.25, 0.3) is 0 Å². The van der Waals surface area contributed by atoms with Crippen LogP contribution in [0.1, 0.15) is 24.8 Å². The molecule has 0 unspecified atom stereocenters. The highest BCUT2D eigenvalue weighted by Crippen LogP contribution is 2.22. The summed E-state index contributed by atoms with van der Waals surface area (Å²) < 4.78 is 27.1. The van der Waals surface area contributed by atoms with Crippen molar-refractivity contribution in [2.24, 2.45) is 0 Å². The number of nitrogens with one attached hydrogen (secondary N) is 1. The monoisotopic (exact) mass is 332 g/mol. The van der Waals surface area contributed by atoms with Crippen LogP contribution in [-0.2, 0) is 16.6 Å². The van der Waals surface area contributed by atoms with Crippen molar-refractivity contribution in [3.63, 3.8) is 0 Å². The van der Waals surface area contributed by atoms with Gasteiger partial charge in [0.1, 0.15) is 4.90 Å². The smallest absolute Gasteiger partial charge is 0.242 e. The van der Waals surface area contributed by atoms with Crippen LogP contribution in [0.5, 0.6) is 0 Å². The lowest BCUT2D eigenvalue weighted by Gasteiger charge is -2.26. The highest BCUT2D eigenvalue weighted by molar-refractivity contribution is 7.89. The summed E-state index contributed by atoms with van der Waals surface area (Å²) in [6.45, 7) is 2.91. The Balaban J connectivity index is 1.97. The molecule has 1 aliphatic rings. The van der Waals surface area contributed by atoms with E-state index in [1.165, 1.54) is 31.4 Å². The average molecular weight is 333 g/mol. The van der Waals surface area contributed by atoms with Crippen LogP contribution in [0.4, 0.5) is 0 Å². The predicted octanol–water partition coefficient (Wildman–Crippen LogP) is 1.60. The van der Waals surface area contributed by atoms with E-state index in [1.807, 2.05) is 0 Å². The quantitative estimate of drug-likeness (QED) is 0.830. The zero-order valence-electron chi connectivity index (χ0n) is 11.9. The molecule has 0 radical (unpaired) electrons. The van der Waals surface area contributed by atoms with E-state index in [4.69, 9.17) is 16.7 Å². The third-order valence-electron chi connectivity index (χ3n) is 3.64. The first-order valence-corrected chi connectivity index (χ1v) is 9.00. The minimum absolute atomic E-state index is 0.0226. The third-order valence-corrected chi connectivity index (χ3v) is 5.58. The molecule has 0 atom stereocenters. The van der Waals surface area contributed by atoms with Crippen LogP contribution in [-0.4, -0.2) is 44.6 Å². The maximum absolute atomic E-state index is 12.3. The van der Waals surface area contributed by atoms with Crippen molar-refractivity contribution in [3.8, 4) is 0 Å². The van der Waals surface area contributed by atoms with Crippen LogP contribution in [0.2, 0.25) is 5.02 Å². The minimum atomic E-state index is -3.64. The van der Waals surface area contributed by atoms with E-state index in [-0.39, 0.29) is 16.5 Å². The molecule has 0 bridgehead atoms. The molecule has 1 aromatic rings. The number of benzene rings is 1. The Kier molecular flexibility index (Phi) is 6.01. The summed E-state index contributed by atoms with van der Waals surface area (Å²) in [5, 5.41) is 9.26. The van der Waals surface area contributed by atoms with Crippen molar-refractivity contribution in [2.75, 3.05) is 26.2 Å². The summed E-state index contributed by atoms with van der Waals surface area (Å²) in [7, 11) is -3.64. The molecule has 0 saturated carbocycles. The van der Waals surface area contributed by atoms with Gasteiger partial charge in [0.15, 0.2) is 0 Å². The summed E-state index contributed by atoms with van der Waals surface area (Å²) in [4.78, 5) is 2.28. The summed E-state index contributed by atoms with van der Waals surface area (Å²) in [5.41, 5.74) is 0.524. The SMILES string of the molecule is O=S(=O)(NCCN1CCCCC1)c1cc(CO)ccc1Cl. The van der Waals surface area contributed by atoms with Crippen LogP contribution in [0.25, 0.3) is 0 Å². The molecule has 2 rings (SSSR count). The number of hydrogen-bond acceptors (Lipinski definition) is 4. The molecule has 0 spiro atoms. The van der Waals surface area contributed by atoms with Crippen molar-refractivity contribution in [3.05, 3.63) is 28.8 Å². The topological polar surface area (TPSA) is 69.6 Å². The Morgan fingerprint density at radius 2 is 1.95 bits per heavy atom. The van der Waals surface area contributed by atoms with Gasteiger partial charge in [0, 0.05) is 13.1 Å². The number of nitrogens with zero attached hydrogens (tertiary/aromatic N) is 1. The molecule has 0 aliphatic carbocycles. The zero-order valence-corrected chi connectivity index (χ0v) is 13.5. The summed E-state index contributed by atoms with van der Waals surface area (Å²) in [6.07, 6.45) is 3.61. The Labute approximate surface area is 131 Å². The molecule has 1 aromatic carbocycles. The Hall–Kier alpha value is -0.660. The van der Waals surface area contributed by atoms with Crippen molar-refractivity contribution in [1.29, 1.82) is 0 Å². The van der Waals surface area contributed by atoms with Crippen molar-refractivity contribution in [2.45, 2.75) is 30.8 Å². The fraction of sp³-hybridized carbons (Fsp3) is 0.571. The van der Waals surface area contributed by atoms with Crippen molar-refractivity contribution < 1.29 is 13.5 Å². The first-order chi connectivity index (χ1) is 10.0. The summed E-state index contributed by atoms with van der Waals surface area (Å²) in [6, 6.07) is 4.51. The van der Waals surface area contributed by atoms with Gasteiger partial charge in [0.2, 0.25) is 10.0 Å². The molecular formula is C14H21ClN2O3S. The van der Waals surface area contributed by atoms with E-state index in [2.05, 4.69) is 9.62 Å². The van der Waals surface area contributed by atoms with Crippen LogP contribution in [0, 0.1) is 0 Å². The number of rotatable bonds is 6. The Bertz CT molecular complexity index is 572. The number of hydrogen-bond donors (Lipinski definition) is 2. The largest absolute Gasteiger partial charge is 0.392 e. The highest BCUT2D eigenvalue weighted by Gasteiger charge is 2.19. The molecule has 0 amide bonds. The zero-order chi connectivity index (χ0) is 15.3. The molecule has 1 aliphatic heterocycles. The predicted molar refractivity (Wildman–Crippen MR) is 82.9 cm³/mol. The van der Waals surface area contributed by atoms with Gasteiger partial charge < -0.3 is 10.0 Å². The first-order valence-electron chi connectivity index (χ1n) is 7.14. The Morgan fingerprint density at radius 3 is 2.62 bits per heavy atom. The summed E-state index contributed by atoms with van der Waals surface area (Å²) >= 11 is 5.95. The number of sulfonamides is 1. The van der Waals surface area contributed by atoms with Gasteiger partial charge >= 0.3 is 0 Å². The number of likely N-dealkylation sites (tertiary alicyclic amines) is 1. The minimum Gasteiger partial charge on any atom is -0.392 e. The number of aliphatic hydroxyl groups is 1. The second-order valence-electron chi connectivity index (χ2n) is 5.22. The van der Waals surface area contributed by atoms with Crippen LogP contribution >= 0.6 is 11.6 Å². The lowest BCUT2D eigenvalue weighted by Crippen LogP contribution is -2.37. The van der Waals surface area contributed by atoms with Crippen LogP contribution < -0.4 is 4.72 Å². The molecule has 1 heterocycles. The van der Waals surface area contributed by atoms with E-state index in [1.54, 1.807) is 6.07 Å². The van der Waals surface area contributed by atoms with Gasteiger partial charge in [-0.2, -0.15) is 0 Å². The Morgan fingerprint density at radius 1 is 1.24 bits per heavy atom. The maximum Gasteiger partial charge on any atom is 0.242 e. The van der Waals surface area contributed by atoms with E-state index >= 15 is 0 Å². The first kappa shape index (κ1) is 16.7. The standard InChI is InChI=1S/C14H21ClN2O3S/c15-13-5-4-12(11-18)10-14(13)21(19,20)16-6-9-17-7-2-1-3-8-17/h4-5,10,16,18H,1-3,6-9,11H2. The third kappa shape index (κ3) is 4.66. The molecule has 2 N–H and O–H groups in total. The van der Waals surface area contributed by atoms with Crippen molar-refractivity contribution in [1.82, 2.24) is 9.62 Å². The number of piperidine rings is 1. The van der Waals surface area contributed by atoms with E-state index in [9.17, 15) is 8.42 Å². The van der Waals surface area contributed by atoms with Crippen LogP contribution in [0.3, 0.4) is 0 Å².